The lowest BCUT2D eigenvalue weighted by Gasteiger charge is -2.22. The van der Waals surface area contributed by atoms with E-state index in [0.29, 0.717) is 25.3 Å². The highest BCUT2D eigenvalue weighted by Gasteiger charge is 2.40. The van der Waals surface area contributed by atoms with Gasteiger partial charge in [-0.1, -0.05) is 19.1 Å². The van der Waals surface area contributed by atoms with Crippen LogP contribution in [0.5, 0.6) is 5.75 Å². The summed E-state index contributed by atoms with van der Waals surface area (Å²) in [6, 6.07) is 4.48. The molecule has 0 saturated carbocycles. The fourth-order valence-corrected chi connectivity index (χ4v) is 1.66. The molecule has 0 aromatic heterocycles. The van der Waals surface area contributed by atoms with Crippen LogP contribution in [0.25, 0.3) is 0 Å². The molecule has 0 radical (unpaired) electrons. The third kappa shape index (κ3) is 4.22. The van der Waals surface area contributed by atoms with E-state index in [1.807, 2.05) is 6.92 Å². The van der Waals surface area contributed by atoms with Crippen molar-refractivity contribution in [1.29, 1.82) is 0 Å². The monoisotopic (exact) mass is 261 g/mol. The summed E-state index contributed by atoms with van der Waals surface area (Å²) in [5.41, 5.74) is 0.182. The maximum absolute atomic E-state index is 12.9. The summed E-state index contributed by atoms with van der Waals surface area (Å²) < 4.78 is 44.0. The zero-order chi connectivity index (χ0) is 13.6. The number of nitrogens with one attached hydrogen (secondary N) is 1. The number of hydrogen-bond acceptors (Lipinski definition) is 2. The van der Waals surface area contributed by atoms with Gasteiger partial charge in [-0.2, -0.15) is 13.2 Å². The Labute approximate surface area is 105 Å². The first-order valence-corrected chi connectivity index (χ1v) is 6.01. The van der Waals surface area contributed by atoms with E-state index >= 15 is 0 Å². The van der Waals surface area contributed by atoms with E-state index in [2.05, 4.69) is 5.32 Å². The van der Waals surface area contributed by atoms with E-state index in [9.17, 15) is 13.2 Å². The minimum Gasteiger partial charge on any atom is -0.494 e. The van der Waals surface area contributed by atoms with Crippen molar-refractivity contribution in [2.24, 2.45) is 0 Å². The molecule has 0 heterocycles. The highest BCUT2D eigenvalue weighted by atomic mass is 19.4. The molecule has 1 aromatic carbocycles. The van der Waals surface area contributed by atoms with E-state index in [0.717, 1.165) is 0 Å². The molecule has 2 nitrogen and oxygen atoms in total. The second kappa shape index (κ2) is 6.64. The Balaban J connectivity index is 2.93. The standard InChI is InChI=1S/C13H18F3NO/c1-3-8-17-12(13(14,15)16)10-6-5-7-11(9-10)18-4-2/h5-7,9,12,17H,3-4,8H2,1-2H3. The Bertz CT molecular complexity index is 365. The molecule has 5 heteroatoms. The van der Waals surface area contributed by atoms with Gasteiger partial charge in [-0.25, -0.2) is 0 Å². The van der Waals surface area contributed by atoms with Crippen molar-refractivity contribution in [3.63, 3.8) is 0 Å². The smallest absolute Gasteiger partial charge is 0.407 e. The SMILES string of the molecule is CCCNC(c1cccc(OCC)c1)C(F)(F)F. The molecule has 0 aliphatic heterocycles. The quantitative estimate of drug-likeness (QED) is 0.843. The van der Waals surface area contributed by atoms with Crippen LogP contribution >= 0.6 is 0 Å². The first-order chi connectivity index (χ1) is 8.49. The number of benzene rings is 1. The van der Waals surface area contributed by atoms with Gasteiger partial charge in [-0.15, -0.1) is 0 Å². The number of alkyl halides is 3. The van der Waals surface area contributed by atoms with Crippen LogP contribution in [-0.2, 0) is 0 Å². The third-order valence-electron chi connectivity index (χ3n) is 2.43. The molecule has 1 atom stereocenters. The average Bonchev–Trinajstić information content (AvgIpc) is 2.29. The van der Waals surface area contributed by atoms with E-state index in [4.69, 9.17) is 4.74 Å². The van der Waals surface area contributed by atoms with Gasteiger partial charge in [-0.3, -0.25) is 0 Å². The van der Waals surface area contributed by atoms with Crippen LogP contribution in [0.15, 0.2) is 24.3 Å². The Kier molecular flexibility index (Phi) is 5.47. The zero-order valence-corrected chi connectivity index (χ0v) is 10.6. The molecular weight excluding hydrogens is 243 g/mol. The van der Waals surface area contributed by atoms with Gasteiger partial charge in [0.05, 0.1) is 6.61 Å². The molecule has 0 fully saturated rings. The molecule has 0 aliphatic carbocycles. The maximum atomic E-state index is 12.9. The summed E-state index contributed by atoms with van der Waals surface area (Å²) in [5, 5.41) is 2.51. The average molecular weight is 261 g/mol. The molecule has 1 aromatic rings. The number of halogens is 3. The predicted octanol–water partition coefficient (Wildman–Crippen LogP) is 3.69. The second-order valence-electron chi connectivity index (χ2n) is 3.93. The van der Waals surface area contributed by atoms with Gasteiger partial charge < -0.3 is 10.1 Å². The van der Waals surface area contributed by atoms with Crippen LogP contribution < -0.4 is 10.1 Å². The molecule has 0 bridgehead atoms. The lowest BCUT2D eigenvalue weighted by atomic mass is 10.1. The summed E-state index contributed by atoms with van der Waals surface area (Å²) in [6.07, 6.45) is -3.66. The van der Waals surface area contributed by atoms with Gasteiger partial charge in [0.15, 0.2) is 0 Å². The Hall–Kier alpha value is -1.23. The van der Waals surface area contributed by atoms with Crippen molar-refractivity contribution in [1.82, 2.24) is 5.32 Å². The summed E-state index contributed by atoms with van der Waals surface area (Å²) in [5.74, 6) is 0.461. The molecule has 1 rings (SSSR count). The van der Waals surface area contributed by atoms with Gasteiger partial charge >= 0.3 is 6.18 Å². The van der Waals surface area contributed by atoms with Crippen LogP contribution in [-0.4, -0.2) is 19.3 Å². The summed E-state index contributed by atoms with van der Waals surface area (Å²) in [7, 11) is 0. The maximum Gasteiger partial charge on any atom is 0.407 e. The number of rotatable bonds is 6. The van der Waals surface area contributed by atoms with E-state index in [1.165, 1.54) is 12.1 Å². The first kappa shape index (κ1) is 14.8. The van der Waals surface area contributed by atoms with Gasteiger partial charge in [0.2, 0.25) is 0 Å². The fraction of sp³-hybridized carbons (Fsp3) is 0.538. The third-order valence-corrected chi connectivity index (χ3v) is 2.43. The molecule has 1 unspecified atom stereocenters. The summed E-state index contributed by atoms with van der Waals surface area (Å²) in [6.45, 7) is 4.38. The molecular formula is C13H18F3NO. The second-order valence-corrected chi connectivity index (χ2v) is 3.93. The lowest BCUT2D eigenvalue weighted by Crippen LogP contribution is -2.34. The lowest BCUT2D eigenvalue weighted by molar-refractivity contribution is -0.157. The van der Waals surface area contributed by atoms with Gasteiger partial charge in [0.1, 0.15) is 11.8 Å². The van der Waals surface area contributed by atoms with Crippen molar-refractivity contribution < 1.29 is 17.9 Å². The summed E-state index contributed by atoms with van der Waals surface area (Å²) >= 11 is 0. The largest absolute Gasteiger partial charge is 0.494 e. The molecule has 0 spiro atoms. The van der Waals surface area contributed by atoms with Gasteiger partial charge in [0, 0.05) is 0 Å². The molecule has 0 amide bonds. The van der Waals surface area contributed by atoms with Gasteiger partial charge in [-0.05, 0) is 37.6 Å². The van der Waals surface area contributed by atoms with E-state index in [1.54, 1.807) is 19.1 Å². The molecule has 102 valence electrons. The Morgan fingerprint density at radius 1 is 1.28 bits per heavy atom. The normalized spacial score (nSPS) is 13.4. The van der Waals surface area contributed by atoms with Crippen LogP contribution in [0.3, 0.4) is 0 Å². The highest BCUT2D eigenvalue weighted by Crippen LogP contribution is 2.33. The minimum absolute atomic E-state index is 0.182. The molecule has 18 heavy (non-hydrogen) atoms. The number of ether oxygens (including phenoxy) is 1. The first-order valence-electron chi connectivity index (χ1n) is 6.01. The van der Waals surface area contributed by atoms with E-state index < -0.39 is 12.2 Å². The minimum atomic E-state index is -4.31. The predicted molar refractivity (Wildman–Crippen MR) is 64.7 cm³/mol. The molecule has 0 aliphatic rings. The Morgan fingerprint density at radius 3 is 2.56 bits per heavy atom. The van der Waals surface area contributed by atoms with Crippen LogP contribution in [0.1, 0.15) is 31.9 Å². The van der Waals surface area contributed by atoms with Crippen molar-refractivity contribution in [3.8, 4) is 5.75 Å². The van der Waals surface area contributed by atoms with Crippen LogP contribution in [0, 0.1) is 0 Å². The van der Waals surface area contributed by atoms with Crippen molar-refractivity contribution in [3.05, 3.63) is 29.8 Å². The van der Waals surface area contributed by atoms with Crippen molar-refractivity contribution >= 4 is 0 Å². The van der Waals surface area contributed by atoms with Crippen LogP contribution in [0.2, 0.25) is 0 Å². The van der Waals surface area contributed by atoms with E-state index in [-0.39, 0.29) is 5.56 Å². The fourth-order valence-electron chi connectivity index (χ4n) is 1.66. The van der Waals surface area contributed by atoms with Crippen molar-refractivity contribution in [2.75, 3.05) is 13.2 Å². The van der Waals surface area contributed by atoms with Gasteiger partial charge in [0.25, 0.3) is 0 Å². The molecule has 1 N–H and O–H groups in total. The zero-order valence-electron chi connectivity index (χ0n) is 10.6. The van der Waals surface area contributed by atoms with Crippen LogP contribution in [0.4, 0.5) is 13.2 Å². The summed E-state index contributed by atoms with van der Waals surface area (Å²) in [4.78, 5) is 0. The Morgan fingerprint density at radius 2 is 2.00 bits per heavy atom. The molecule has 0 saturated heterocycles. The topological polar surface area (TPSA) is 21.3 Å². The van der Waals surface area contributed by atoms with Crippen molar-refractivity contribution in [2.45, 2.75) is 32.5 Å². The number of hydrogen-bond donors (Lipinski definition) is 1. The highest BCUT2D eigenvalue weighted by molar-refractivity contribution is 5.31.